The maximum Gasteiger partial charge on any atom is 0.164 e. The average Bonchev–Trinajstić information content (AvgIpc) is 3.44. The first kappa shape index (κ1) is 19.8. The van der Waals surface area contributed by atoms with Gasteiger partial charge < -0.3 is 19.5 Å². The number of halogens is 2. The third kappa shape index (κ3) is 3.73. The zero-order valence-electron chi connectivity index (χ0n) is 16.8. The van der Waals surface area contributed by atoms with Gasteiger partial charge in [0.25, 0.3) is 0 Å². The molecule has 0 radical (unpaired) electrons. The summed E-state index contributed by atoms with van der Waals surface area (Å²) in [6.07, 6.45) is 4.11. The van der Waals surface area contributed by atoms with Crippen LogP contribution in [-0.2, 0) is 4.74 Å². The number of hydrogen-bond acceptors (Lipinski definition) is 6. The summed E-state index contributed by atoms with van der Waals surface area (Å²) < 4.78 is 33.6. The molecule has 2 aromatic heterocycles. The number of hydrogen-bond donors (Lipinski definition) is 1. The van der Waals surface area contributed by atoms with Crippen LogP contribution < -0.4 is 14.8 Å². The number of fused-ring (bicyclic) bond motifs is 3. The van der Waals surface area contributed by atoms with Gasteiger partial charge in [-0.25, -0.2) is 14.4 Å². The summed E-state index contributed by atoms with van der Waals surface area (Å²) in [6, 6.07) is 8.22. The van der Waals surface area contributed by atoms with Crippen LogP contribution in [0.15, 0.2) is 42.9 Å². The highest BCUT2D eigenvalue weighted by molar-refractivity contribution is 6.33. The van der Waals surface area contributed by atoms with Crippen molar-refractivity contribution in [3.05, 3.63) is 53.7 Å². The Morgan fingerprint density at radius 3 is 2.97 bits per heavy atom. The summed E-state index contributed by atoms with van der Waals surface area (Å²) in [7, 11) is 0. The Kier molecular flexibility index (Phi) is 5.25. The summed E-state index contributed by atoms with van der Waals surface area (Å²) in [5.74, 6) is 1.17. The summed E-state index contributed by atoms with van der Waals surface area (Å²) in [4.78, 5) is 8.97. The smallest absolute Gasteiger partial charge is 0.164 e. The van der Waals surface area contributed by atoms with Crippen molar-refractivity contribution in [3.8, 4) is 11.5 Å². The number of rotatable bonds is 6. The molecule has 1 unspecified atom stereocenters. The van der Waals surface area contributed by atoms with Gasteiger partial charge in [0.15, 0.2) is 17.3 Å². The number of benzene rings is 2. The normalized spacial score (nSPS) is 16.2. The lowest BCUT2D eigenvalue weighted by atomic mass is 10.2. The van der Waals surface area contributed by atoms with E-state index in [4.69, 9.17) is 30.8 Å². The molecule has 3 heterocycles. The van der Waals surface area contributed by atoms with Crippen LogP contribution in [0.5, 0.6) is 11.5 Å². The SMILES string of the molecule is CCOc1cc2c(cc1OC1CCOC1)nc(Nc1c(F)cccc1Cl)c1cncn12. The van der Waals surface area contributed by atoms with Crippen LogP contribution in [-0.4, -0.2) is 40.3 Å². The molecule has 2 aromatic carbocycles. The van der Waals surface area contributed by atoms with Crippen molar-refractivity contribution < 1.29 is 18.6 Å². The second-order valence-corrected chi connectivity index (χ2v) is 7.56. The van der Waals surface area contributed by atoms with Gasteiger partial charge in [-0.05, 0) is 19.1 Å². The highest BCUT2D eigenvalue weighted by Gasteiger charge is 2.21. The standard InChI is InChI=1S/C22H20ClFN4O3/c1-2-30-19-9-17-16(8-20(19)31-13-6-7-29-11-13)26-22(18-10-25-12-28(17)18)27-21-14(23)4-3-5-15(21)24/h3-5,8-10,12-13H,2,6-7,11H2,1H3,(H,26,27). The third-order valence-electron chi connectivity index (χ3n) is 5.10. The van der Waals surface area contributed by atoms with Gasteiger partial charge in [-0.2, -0.15) is 0 Å². The van der Waals surface area contributed by atoms with E-state index >= 15 is 0 Å². The topological polar surface area (TPSA) is 69.9 Å². The van der Waals surface area contributed by atoms with Crippen LogP contribution in [0.4, 0.5) is 15.9 Å². The first-order valence-electron chi connectivity index (χ1n) is 10.0. The van der Waals surface area contributed by atoms with E-state index in [9.17, 15) is 4.39 Å². The molecule has 160 valence electrons. The predicted molar refractivity (Wildman–Crippen MR) is 116 cm³/mol. The number of imidazole rings is 1. The fraction of sp³-hybridized carbons (Fsp3) is 0.273. The van der Waals surface area contributed by atoms with Crippen molar-refractivity contribution in [2.24, 2.45) is 0 Å². The highest BCUT2D eigenvalue weighted by Crippen LogP contribution is 2.36. The lowest BCUT2D eigenvalue weighted by Gasteiger charge is -2.18. The van der Waals surface area contributed by atoms with E-state index in [1.165, 1.54) is 6.07 Å². The monoisotopic (exact) mass is 442 g/mol. The molecule has 31 heavy (non-hydrogen) atoms. The van der Waals surface area contributed by atoms with Crippen molar-refractivity contribution >= 4 is 39.7 Å². The van der Waals surface area contributed by atoms with Gasteiger partial charge in [0, 0.05) is 18.6 Å². The van der Waals surface area contributed by atoms with Gasteiger partial charge in [-0.1, -0.05) is 17.7 Å². The fourth-order valence-electron chi connectivity index (χ4n) is 3.63. The molecule has 7 nitrogen and oxygen atoms in total. The zero-order chi connectivity index (χ0) is 21.4. The van der Waals surface area contributed by atoms with Crippen LogP contribution in [0.2, 0.25) is 5.02 Å². The molecule has 0 bridgehead atoms. The van der Waals surface area contributed by atoms with Crippen LogP contribution in [0.25, 0.3) is 16.6 Å². The molecular formula is C22H20ClFN4O3. The first-order valence-corrected chi connectivity index (χ1v) is 10.4. The van der Waals surface area contributed by atoms with Crippen LogP contribution in [0.1, 0.15) is 13.3 Å². The van der Waals surface area contributed by atoms with Gasteiger partial charge in [-0.15, -0.1) is 0 Å². The van der Waals surface area contributed by atoms with Crippen LogP contribution in [0, 0.1) is 5.82 Å². The minimum absolute atomic E-state index is 0.0385. The molecule has 1 saturated heterocycles. The van der Waals surface area contributed by atoms with E-state index in [1.54, 1.807) is 24.7 Å². The molecule has 0 saturated carbocycles. The molecule has 0 aliphatic carbocycles. The van der Waals surface area contributed by atoms with Crippen molar-refractivity contribution in [1.29, 1.82) is 0 Å². The second kappa shape index (κ2) is 8.20. The number of anilines is 2. The van der Waals surface area contributed by atoms with E-state index < -0.39 is 5.82 Å². The maximum atomic E-state index is 14.4. The Morgan fingerprint density at radius 2 is 2.19 bits per heavy atom. The summed E-state index contributed by atoms with van der Waals surface area (Å²) in [5.41, 5.74) is 2.26. The molecule has 9 heteroatoms. The molecule has 1 aliphatic heterocycles. The van der Waals surface area contributed by atoms with Gasteiger partial charge in [0.1, 0.15) is 17.4 Å². The maximum absolute atomic E-state index is 14.4. The number of aromatic nitrogens is 3. The Morgan fingerprint density at radius 1 is 1.29 bits per heavy atom. The van der Waals surface area contributed by atoms with E-state index in [0.717, 1.165) is 11.9 Å². The van der Waals surface area contributed by atoms with Crippen molar-refractivity contribution in [2.45, 2.75) is 19.4 Å². The third-order valence-corrected chi connectivity index (χ3v) is 5.42. The molecule has 1 N–H and O–H groups in total. The molecule has 0 spiro atoms. The van der Waals surface area contributed by atoms with E-state index in [0.29, 0.717) is 48.2 Å². The number of ether oxygens (including phenoxy) is 3. The van der Waals surface area contributed by atoms with E-state index in [2.05, 4.69) is 10.3 Å². The molecular weight excluding hydrogens is 423 g/mol. The lowest BCUT2D eigenvalue weighted by Crippen LogP contribution is -2.16. The van der Waals surface area contributed by atoms with Crippen molar-refractivity contribution in [1.82, 2.24) is 14.4 Å². The molecule has 1 fully saturated rings. The van der Waals surface area contributed by atoms with Crippen molar-refractivity contribution in [3.63, 3.8) is 0 Å². The number of para-hydroxylation sites is 1. The van der Waals surface area contributed by atoms with E-state index in [-0.39, 0.29) is 16.8 Å². The van der Waals surface area contributed by atoms with Crippen LogP contribution in [0.3, 0.4) is 0 Å². The highest BCUT2D eigenvalue weighted by atomic mass is 35.5. The lowest BCUT2D eigenvalue weighted by molar-refractivity contribution is 0.138. The van der Waals surface area contributed by atoms with Crippen LogP contribution >= 0.6 is 11.6 Å². The Bertz CT molecular complexity index is 1240. The van der Waals surface area contributed by atoms with Gasteiger partial charge >= 0.3 is 0 Å². The summed E-state index contributed by atoms with van der Waals surface area (Å²) >= 11 is 6.20. The average molecular weight is 443 g/mol. The molecule has 0 amide bonds. The quantitative estimate of drug-likeness (QED) is 0.454. The van der Waals surface area contributed by atoms with Crippen molar-refractivity contribution in [2.75, 3.05) is 25.1 Å². The Labute approximate surface area is 182 Å². The molecule has 4 aromatic rings. The molecule has 5 rings (SSSR count). The summed E-state index contributed by atoms with van der Waals surface area (Å²) in [5, 5.41) is 3.28. The number of nitrogens with zero attached hydrogens (tertiary/aromatic N) is 3. The van der Waals surface area contributed by atoms with Gasteiger partial charge in [0.05, 0.1) is 54.1 Å². The first-order chi connectivity index (χ1) is 15.1. The molecule has 1 aliphatic rings. The predicted octanol–water partition coefficient (Wildman–Crippen LogP) is 4.99. The zero-order valence-corrected chi connectivity index (χ0v) is 17.5. The van der Waals surface area contributed by atoms with E-state index in [1.807, 2.05) is 23.5 Å². The fourth-order valence-corrected chi connectivity index (χ4v) is 3.84. The minimum atomic E-state index is -0.469. The molecule has 1 atom stereocenters. The number of nitrogens with one attached hydrogen (secondary N) is 1. The Hall–Kier alpha value is -3.10. The minimum Gasteiger partial charge on any atom is -0.490 e. The Balaban J connectivity index is 1.64. The largest absolute Gasteiger partial charge is 0.490 e. The summed E-state index contributed by atoms with van der Waals surface area (Å²) in [6.45, 7) is 3.63. The second-order valence-electron chi connectivity index (χ2n) is 7.16. The van der Waals surface area contributed by atoms with Gasteiger partial charge in [-0.3, -0.25) is 4.40 Å². The van der Waals surface area contributed by atoms with Gasteiger partial charge in [0.2, 0.25) is 0 Å².